The van der Waals surface area contributed by atoms with E-state index in [0.717, 1.165) is 0 Å². The van der Waals surface area contributed by atoms with E-state index >= 15 is 0 Å². The fourth-order valence-corrected chi connectivity index (χ4v) is 1.37. The number of nitrogens with zero attached hydrogens (tertiary/aromatic N) is 1. The first-order valence-corrected chi connectivity index (χ1v) is 4.63. The highest BCUT2D eigenvalue weighted by Crippen LogP contribution is 2.04. The van der Waals surface area contributed by atoms with E-state index in [2.05, 4.69) is 44.1 Å². The van der Waals surface area contributed by atoms with Crippen LogP contribution in [0.15, 0.2) is 0 Å². The molecule has 5 nitrogen and oxygen atoms in total. The van der Waals surface area contributed by atoms with Gasteiger partial charge in [-0.1, -0.05) is 0 Å². The highest BCUT2D eigenvalue weighted by molar-refractivity contribution is 5.76. The van der Waals surface area contributed by atoms with E-state index in [1.54, 1.807) is 0 Å². The second kappa shape index (κ2) is 7.17. The van der Waals surface area contributed by atoms with Gasteiger partial charge in [-0.25, -0.2) is 0 Å². The van der Waals surface area contributed by atoms with Gasteiger partial charge in [0.05, 0.1) is 5.84 Å². The summed E-state index contributed by atoms with van der Waals surface area (Å²) >= 11 is 0. The summed E-state index contributed by atoms with van der Waals surface area (Å²) < 4.78 is 0. The van der Waals surface area contributed by atoms with Gasteiger partial charge in [0.2, 0.25) is 0 Å². The van der Waals surface area contributed by atoms with E-state index in [-0.39, 0.29) is 5.96 Å². The van der Waals surface area contributed by atoms with Gasteiger partial charge in [-0.05, 0) is 34.6 Å². The van der Waals surface area contributed by atoms with Crippen LogP contribution in [-0.2, 0) is 0 Å². The van der Waals surface area contributed by atoms with Crippen molar-refractivity contribution in [1.82, 2.24) is 4.90 Å². The monoisotopic (exact) mass is 201 g/mol. The van der Waals surface area contributed by atoms with Crippen LogP contribution in [0.5, 0.6) is 0 Å². The van der Waals surface area contributed by atoms with Crippen LogP contribution in [0, 0.1) is 10.8 Å². The number of hydrogen-bond acceptors (Lipinski definition) is 2. The third-order valence-corrected chi connectivity index (χ3v) is 1.50. The van der Waals surface area contributed by atoms with Gasteiger partial charge in [-0.15, -0.1) is 0 Å². The molecule has 0 fully saturated rings. The third-order valence-electron chi connectivity index (χ3n) is 1.50. The minimum atomic E-state index is -0.333. The molecule has 0 rings (SSSR count). The summed E-state index contributed by atoms with van der Waals surface area (Å²) in [6, 6.07) is 0.884. The van der Waals surface area contributed by atoms with Crippen molar-refractivity contribution in [2.75, 3.05) is 0 Å². The second-order valence-electron chi connectivity index (χ2n) is 3.64. The Hall–Kier alpha value is -1.26. The van der Waals surface area contributed by atoms with Gasteiger partial charge >= 0.3 is 0 Å². The Kier molecular flexibility index (Phi) is 7.80. The molecule has 5 heteroatoms. The Bertz CT molecular complexity index is 174. The molecular formula is C9H23N5. The topological polar surface area (TPSA) is 103 Å². The van der Waals surface area contributed by atoms with Crippen LogP contribution >= 0.6 is 0 Å². The first-order valence-electron chi connectivity index (χ1n) is 4.63. The third kappa shape index (κ3) is 8.83. The average Bonchev–Trinajstić information content (AvgIpc) is 1.80. The Morgan fingerprint density at radius 1 is 1.00 bits per heavy atom. The minimum absolute atomic E-state index is 0.333. The van der Waals surface area contributed by atoms with Gasteiger partial charge < -0.3 is 16.4 Å². The first-order chi connectivity index (χ1) is 6.20. The Balaban J connectivity index is 0. The van der Waals surface area contributed by atoms with Crippen molar-refractivity contribution >= 4 is 11.8 Å². The van der Waals surface area contributed by atoms with Gasteiger partial charge in [0.15, 0.2) is 5.96 Å². The SMILES string of the molecule is CC(=N)N(C(C)C)C(C)C.N=C(N)N. The number of hydrogen-bond donors (Lipinski definition) is 4. The molecular weight excluding hydrogens is 178 g/mol. The zero-order chi connectivity index (χ0) is 11.9. The van der Waals surface area contributed by atoms with Crippen molar-refractivity contribution in [3.05, 3.63) is 0 Å². The number of nitrogens with two attached hydrogens (primary N) is 2. The van der Waals surface area contributed by atoms with Crippen LogP contribution in [0.25, 0.3) is 0 Å². The fourth-order valence-electron chi connectivity index (χ4n) is 1.37. The van der Waals surface area contributed by atoms with E-state index in [9.17, 15) is 0 Å². The van der Waals surface area contributed by atoms with Crippen molar-refractivity contribution in [1.29, 1.82) is 10.8 Å². The van der Waals surface area contributed by atoms with Gasteiger partial charge in [-0.3, -0.25) is 10.8 Å². The Morgan fingerprint density at radius 2 is 1.21 bits per heavy atom. The summed E-state index contributed by atoms with van der Waals surface area (Å²) in [6.07, 6.45) is 0. The number of nitrogens with one attached hydrogen (secondary N) is 2. The molecule has 0 aliphatic rings. The number of amidine groups is 1. The highest BCUT2D eigenvalue weighted by Gasteiger charge is 2.12. The number of guanidine groups is 1. The molecule has 0 radical (unpaired) electrons. The molecule has 0 unspecified atom stereocenters. The van der Waals surface area contributed by atoms with E-state index < -0.39 is 0 Å². The molecule has 6 N–H and O–H groups in total. The summed E-state index contributed by atoms with van der Waals surface area (Å²) in [7, 11) is 0. The zero-order valence-electron chi connectivity index (χ0n) is 9.76. The van der Waals surface area contributed by atoms with Gasteiger partial charge in [0, 0.05) is 12.1 Å². The fraction of sp³-hybridized carbons (Fsp3) is 0.778. The maximum atomic E-state index is 7.44. The normalized spacial score (nSPS) is 9.36. The predicted octanol–water partition coefficient (Wildman–Crippen LogP) is 0.941. The van der Waals surface area contributed by atoms with E-state index in [0.29, 0.717) is 17.9 Å². The largest absolute Gasteiger partial charge is 0.370 e. The first kappa shape index (κ1) is 15.2. The second-order valence-corrected chi connectivity index (χ2v) is 3.64. The molecule has 0 amide bonds. The lowest BCUT2D eigenvalue weighted by molar-refractivity contribution is 0.288. The van der Waals surface area contributed by atoms with Crippen LogP contribution in [0.1, 0.15) is 34.6 Å². The molecule has 0 aliphatic carbocycles. The van der Waals surface area contributed by atoms with Crippen molar-refractivity contribution in [3.8, 4) is 0 Å². The Labute approximate surface area is 86.5 Å². The van der Waals surface area contributed by atoms with E-state index in [1.165, 1.54) is 0 Å². The van der Waals surface area contributed by atoms with Gasteiger partial charge in [-0.2, -0.15) is 0 Å². The highest BCUT2D eigenvalue weighted by atomic mass is 15.2. The van der Waals surface area contributed by atoms with Crippen LogP contribution in [-0.4, -0.2) is 28.8 Å². The van der Waals surface area contributed by atoms with Crippen molar-refractivity contribution in [2.45, 2.75) is 46.7 Å². The summed E-state index contributed by atoms with van der Waals surface area (Å²) in [5, 5.41) is 13.5. The molecule has 0 saturated carbocycles. The molecule has 0 bridgehead atoms. The maximum Gasteiger partial charge on any atom is 0.183 e. The number of rotatable bonds is 2. The van der Waals surface area contributed by atoms with Gasteiger partial charge in [0.25, 0.3) is 0 Å². The van der Waals surface area contributed by atoms with Gasteiger partial charge in [0.1, 0.15) is 0 Å². The van der Waals surface area contributed by atoms with E-state index in [4.69, 9.17) is 10.8 Å². The lowest BCUT2D eigenvalue weighted by atomic mass is 10.2. The standard InChI is InChI=1S/C8H18N2.CH5N3/c1-6(2)10(7(3)4)8(5)9;2-1(3)4/h6-7,9H,1-5H3;(H5,2,3,4). The van der Waals surface area contributed by atoms with Crippen LogP contribution in [0.2, 0.25) is 0 Å². The van der Waals surface area contributed by atoms with Crippen molar-refractivity contribution in [3.63, 3.8) is 0 Å². The zero-order valence-corrected chi connectivity index (χ0v) is 9.76. The molecule has 0 aromatic heterocycles. The van der Waals surface area contributed by atoms with Crippen LogP contribution in [0.3, 0.4) is 0 Å². The van der Waals surface area contributed by atoms with E-state index in [1.807, 2.05) is 6.92 Å². The lowest BCUT2D eigenvalue weighted by Gasteiger charge is -2.31. The molecule has 0 atom stereocenters. The molecule has 0 aromatic carbocycles. The lowest BCUT2D eigenvalue weighted by Crippen LogP contribution is -2.40. The molecule has 84 valence electrons. The van der Waals surface area contributed by atoms with Crippen molar-refractivity contribution < 1.29 is 0 Å². The Morgan fingerprint density at radius 3 is 1.21 bits per heavy atom. The quantitative estimate of drug-likeness (QED) is 0.395. The smallest absolute Gasteiger partial charge is 0.183 e. The molecule has 14 heavy (non-hydrogen) atoms. The summed E-state index contributed by atoms with van der Waals surface area (Å²) in [6.45, 7) is 10.3. The summed E-state index contributed by atoms with van der Waals surface area (Å²) in [5.41, 5.74) is 8.94. The maximum absolute atomic E-state index is 7.44. The average molecular weight is 201 g/mol. The van der Waals surface area contributed by atoms with Crippen LogP contribution < -0.4 is 11.5 Å². The summed E-state index contributed by atoms with van der Waals surface area (Å²) in [4.78, 5) is 2.08. The summed E-state index contributed by atoms with van der Waals surface area (Å²) in [5.74, 6) is 0.324. The molecule has 0 spiro atoms. The van der Waals surface area contributed by atoms with Crippen molar-refractivity contribution in [2.24, 2.45) is 11.5 Å². The minimum Gasteiger partial charge on any atom is -0.370 e. The molecule has 0 aromatic rings. The van der Waals surface area contributed by atoms with Crippen LogP contribution in [0.4, 0.5) is 0 Å². The predicted molar refractivity (Wildman–Crippen MR) is 61.6 cm³/mol. The molecule has 0 saturated heterocycles. The molecule has 0 heterocycles. The molecule has 0 aliphatic heterocycles.